The molecule has 0 aliphatic heterocycles. The number of hydrogen-bond acceptors (Lipinski definition) is 6. The minimum absolute atomic E-state index is 0.710. The molecule has 0 aliphatic rings. The predicted octanol–water partition coefficient (Wildman–Crippen LogP) is 11.4. The Balaban J connectivity index is 1.18. The maximum atomic E-state index is 5.24. The van der Waals surface area contributed by atoms with Crippen LogP contribution in [0.25, 0.3) is 104 Å². The Labute approximate surface area is 301 Å². The van der Waals surface area contributed by atoms with E-state index in [0.717, 1.165) is 72.0 Å². The molecule has 11 aromatic rings. The third-order valence-electron chi connectivity index (χ3n) is 10.0. The lowest BCUT2D eigenvalue weighted by molar-refractivity contribution is 1.04. The molecule has 0 amide bonds. The monoisotopic (exact) mass is 682 g/mol. The van der Waals surface area contributed by atoms with Crippen LogP contribution in [-0.2, 0) is 0 Å². The number of fused-ring (bicyclic) bond motifs is 11. The third-order valence-corrected chi connectivity index (χ3v) is 11.2. The van der Waals surface area contributed by atoms with Crippen molar-refractivity contribution in [2.24, 2.45) is 0 Å². The van der Waals surface area contributed by atoms with E-state index in [0.29, 0.717) is 5.82 Å². The summed E-state index contributed by atoms with van der Waals surface area (Å²) in [6.07, 6.45) is 3.54. The van der Waals surface area contributed by atoms with Crippen LogP contribution in [0.3, 0.4) is 0 Å². The van der Waals surface area contributed by atoms with Crippen LogP contribution in [-0.4, -0.2) is 29.5 Å². The minimum Gasteiger partial charge on any atom is -0.290 e. The number of hydrogen-bond donors (Lipinski definition) is 0. The molecule has 0 radical (unpaired) electrons. The highest BCUT2D eigenvalue weighted by Gasteiger charge is 2.20. The van der Waals surface area contributed by atoms with E-state index in [2.05, 4.69) is 148 Å². The topological polar surface area (TPSA) is 68.9 Å². The van der Waals surface area contributed by atoms with Crippen LogP contribution in [0.4, 0.5) is 0 Å². The summed E-state index contributed by atoms with van der Waals surface area (Å²) in [4.78, 5) is 15.5. The van der Waals surface area contributed by atoms with E-state index in [4.69, 9.17) is 15.0 Å². The second-order valence-electron chi connectivity index (χ2n) is 13.0. The molecule has 6 nitrogen and oxygen atoms in total. The number of aromatic nitrogens is 6. The highest BCUT2D eigenvalue weighted by atomic mass is 32.1. The number of imidazole rings is 1. The van der Waals surface area contributed by atoms with Crippen molar-refractivity contribution in [1.82, 2.24) is 29.5 Å². The van der Waals surface area contributed by atoms with Crippen molar-refractivity contribution >= 4 is 69.9 Å². The Hall–Kier alpha value is -6.83. The standard InChI is InChI=1S/C45H26N6S/c1-3-11-27(12-4-1)36-24-37(28-13-5-2-6-14-28)49-44(48-36)34-21-20-30(43-42(34)33-17-9-10-18-41(33)52-43)29-19-22-39-35(23-29)31-15-7-8-16-32(31)45-50-38-25-46-47-26-40(38)51(39)45/h1-26H. The van der Waals surface area contributed by atoms with E-state index in [1.807, 2.05) is 23.5 Å². The van der Waals surface area contributed by atoms with E-state index in [9.17, 15) is 0 Å². The summed E-state index contributed by atoms with van der Waals surface area (Å²) in [6, 6.07) is 51.2. The molecular formula is C45H26N6S. The first-order valence-corrected chi connectivity index (χ1v) is 18.0. The van der Waals surface area contributed by atoms with Crippen molar-refractivity contribution in [3.8, 4) is 45.0 Å². The third kappa shape index (κ3) is 4.39. The molecule has 5 heterocycles. The predicted molar refractivity (Wildman–Crippen MR) is 214 cm³/mol. The van der Waals surface area contributed by atoms with E-state index in [-0.39, 0.29) is 0 Å². The van der Waals surface area contributed by atoms with E-state index < -0.39 is 0 Å². The summed E-state index contributed by atoms with van der Waals surface area (Å²) in [5, 5.41) is 14.1. The summed E-state index contributed by atoms with van der Waals surface area (Å²) in [7, 11) is 0. The van der Waals surface area contributed by atoms with Crippen LogP contribution in [0.2, 0.25) is 0 Å². The molecule has 0 unspecified atom stereocenters. The molecule has 0 aliphatic carbocycles. The SMILES string of the molecule is c1ccc(-c2cc(-c3ccccc3)nc(-c3ccc(-c4ccc5c(c4)c4ccccc4c4nc6cnncc6n54)c4sc5ccccc5c34)n2)cc1. The summed E-state index contributed by atoms with van der Waals surface area (Å²) in [5.41, 5.74) is 11.0. The number of thiophene rings is 1. The number of benzene rings is 6. The first-order valence-electron chi connectivity index (χ1n) is 17.2. The Morgan fingerprint density at radius 3 is 1.88 bits per heavy atom. The van der Waals surface area contributed by atoms with Gasteiger partial charge in [-0.15, -0.1) is 11.3 Å². The van der Waals surface area contributed by atoms with Gasteiger partial charge in [-0.1, -0.05) is 115 Å². The van der Waals surface area contributed by atoms with Crippen molar-refractivity contribution in [2.75, 3.05) is 0 Å². The van der Waals surface area contributed by atoms with Crippen LogP contribution in [0, 0.1) is 0 Å². The fourth-order valence-corrected chi connectivity index (χ4v) is 8.88. The molecule has 52 heavy (non-hydrogen) atoms. The van der Waals surface area contributed by atoms with Gasteiger partial charge in [-0.05, 0) is 46.8 Å². The molecule has 0 fully saturated rings. The molecule has 0 atom stereocenters. The molecule has 7 heteroatoms. The van der Waals surface area contributed by atoms with Crippen molar-refractivity contribution < 1.29 is 0 Å². The van der Waals surface area contributed by atoms with Crippen LogP contribution in [0.15, 0.2) is 158 Å². The fraction of sp³-hybridized carbons (Fsp3) is 0. The normalized spacial score (nSPS) is 11.8. The van der Waals surface area contributed by atoms with Gasteiger partial charge in [0.25, 0.3) is 0 Å². The molecule has 0 bridgehead atoms. The summed E-state index contributed by atoms with van der Waals surface area (Å²) in [5.74, 6) is 0.710. The maximum absolute atomic E-state index is 5.24. The van der Waals surface area contributed by atoms with Crippen molar-refractivity contribution in [2.45, 2.75) is 0 Å². The fourth-order valence-electron chi connectivity index (χ4n) is 7.62. The first kappa shape index (κ1) is 29.0. The maximum Gasteiger partial charge on any atom is 0.161 e. The smallest absolute Gasteiger partial charge is 0.161 e. The van der Waals surface area contributed by atoms with Gasteiger partial charge in [0.05, 0.1) is 34.8 Å². The Morgan fingerprint density at radius 2 is 1.12 bits per heavy atom. The van der Waals surface area contributed by atoms with Crippen molar-refractivity contribution in [3.63, 3.8) is 0 Å². The molecule has 5 aromatic heterocycles. The Kier molecular flexibility index (Phi) is 6.32. The van der Waals surface area contributed by atoms with Crippen LogP contribution in [0.1, 0.15) is 0 Å². The highest BCUT2D eigenvalue weighted by Crippen LogP contribution is 2.45. The second-order valence-corrected chi connectivity index (χ2v) is 14.0. The number of pyridine rings is 1. The number of rotatable bonds is 4. The van der Waals surface area contributed by atoms with Crippen LogP contribution >= 0.6 is 11.3 Å². The summed E-state index contributed by atoms with van der Waals surface area (Å²) in [6.45, 7) is 0. The van der Waals surface area contributed by atoms with Gasteiger partial charge in [0.2, 0.25) is 0 Å². The van der Waals surface area contributed by atoms with Crippen molar-refractivity contribution in [3.05, 3.63) is 158 Å². The van der Waals surface area contributed by atoms with E-state index in [1.165, 1.54) is 25.7 Å². The lowest BCUT2D eigenvalue weighted by Crippen LogP contribution is -1.96. The van der Waals surface area contributed by atoms with Crippen LogP contribution in [0.5, 0.6) is 0 Å². The zero-order valence-corrected chi connectivity index (χ0v) is 28.4. The van der Waals surface area contributed by atoms with Gasteiger partial charge in [0.15, 0.2) is 5.82 Å². The molecule has 242 valence electrons. The largest absolute Gasteiger partial charge is 0.290 e. The van der Waals surface area contributed by atoms with Gasteiger partial charge in [0, 0.05) is 47.6 Å². The zero-order chi connectivity index (χ0) is 34.2. The molecule has 11 rings (SSSR count). The quantitative estimate of drug-likeness (QED) is 0.173. The molecule has 0 N–H and O–H groups in total. The van der Waals surface area contributed by atoms with E-state index >= 15 is 0 Å². The van der Waals surface area contributed by atoms with Gasteiger partial charge < -0.3 is 0 Å². The second kappa shape index (κ2) is 11.3. The van der Waals surface area contributed by atoms with Gasteiger partial charge >= 0.3 is 0 Å². The Bertz CT molecular complexity index is 3130. The minimum atomic E-state index is 0.710. The first-order chi connectivity index (χ1) is 25.8. The average molecular weight is 683 g/mol. The van der Waals surface area contributed by atoms with Crippen LogP contribution < -0.4 is 0 Å². The van der Waals surface area contributed by atoms with Gasteiger partial charge in [-0.25, -0.2) is 15.0 Å². The van der Waals surface area contributed by atoms with E-state index in [1.54, 1.807) is 12.4 Å². The molecule has 0 saturated heterocycles. The zero-order valence-electron chi connectivity index (χ0n) is 27.6. The molecule has 0 spiro atoms. The lowest BCUT2D eigenvalue weighted by atomic mass is 9.96. The Morgan fingerprint density at radius 1 is 0.462 bits per heavy atom. The van der Waals surface area contributed by atoms with Crippen molar-refractivity contribution in [1.29, 1.82) is 0 Å². The van der Waals surface area contributed by atoms with Gasteiger partial charge in [0.1, 0.15) is 11.2 Å². The number of nitrogens with zero attached hydrogens (tertiary/aromatic N) is 6. The molecule has 0 saturated carbocycles. The van der Waals surface area contributed by atoms with Gasteiger partial charge in [-0.2, -0.15) is 10.2 Å². The summed E-state index contributed by atoms with van der Waals surface area (Å²) < 4.78 is 4.65. The molecule has 6 aromatic carbocycles. The molecular weight excluding hydrogens is 657 g/mol. The lowest BCUT2D eigenvalue weighted by Gasteiger charge is -2.13. The highest BCUT2D eigenvalue weighted by molar-refractivity contribution is 7.26. The summed E-state index contributed by atoms with van der Waals surface area (Å²) >= 11 is 1.82. The average Bonchev–Trinajstić information content (AvgIpc) is 3.81. The van der Waals surface area contributed by atoms with Gasteiger partial charge in [-0.3, -0.25) is 4.40 Å².